The molecule has 20 heavy (non-hydrogen) atoms. The fourth-order valence-corrected chi connectivity index (χ4v) is 1.76. The van der Waals surface area contributed by atoms with E-state index in [1.165, 1.54) is 0 Å². The van der Waals surface area contributed by atoms with Crippen molar-refractivity contribution in [3.05, 3.63) is 48.0 Å². The normalized spacial score (nSPS) is 10.7. The van der Waals surface area contributed by atoms with Gasteiger partial charge < -0.3 is 4.74 Å². The van der Waals surface area contributed by atoms with Gasteiger partial charge in [0.15, 0.2) is 0 Å². The van der Waals surface area contributed by atoms with Crippen molar-refractivity contribution in [2.24, 2.45) is 0 Å². The van der Waals surface area contributed by atoms with Gasteiger partial charge in [-0.3, -0.25) is 4.79 Å². The number of ketones is 1. The molecule has 0 amide bonds. The molecule has 1 rings (SSSR count). The van der Waals surface area contributed by atoms with Crippen LogP contribution in [0, 0.1) is 0 Å². The molecule has 0 fully saturated rings. The number of Topliss-reactive ketones (excluding diaryl/α,β-unsaturated/α-hetero) is 1. The highest BCUT2D eigenvalue weighted by Crippen LogP contribution is 2.04. The summed E-state index contributed by atoms with van der Waals surface area (Å²) < 4.78 is 4.98. The first kappa shape index (κ1) is 16.2. The van der Waals surface area contributed by atoms with Gasteiger partial charge in [0, 0.05) is 5.56 Å². The zero-order valence-electron chi connectivity index (χ0n) is 12.0. The van der Waals surface area contributed by atoms with Gasteiger partial charge in [0.25, 0.3) is 5.78 Å². The topological polar surface area (TPSA) is 43.4 Å². The molecule has 0 radical (unpaired) electrons. The number of esters is 1. The number of allylic oxidation sites excluding steroid dienone is 2. The Bertz CT molecular complexity index is 435. The molecule has 1 aromatic rings. The van der Waals surface area contributed by atoms with E-state index in [1.54, 1.807) is 30.3 Å². The van der Waals surface area contributed by atoms with Crippen LogP contribution in [-0.4, -0.2) is 18.4 Å². The second-order valence-corrected chi connectivity index (χ2v) is 4.56. The molecule has 0 saturated carbocycles. The van der Waals surface area contributed by atoms with Crippen molar-refractivity contribution in [2.45, 2.75) is 39.0 Å². The molecule has 0 aliphatic carbocycles. The lowest BCUT2D eigenvalue weighted by atomic mass is 10.1. The van der Waals surface area contributed by atoms with Crippen LogP contribution in [0.2, 0.25) is 0 Å². The van der Waals surface area contributed by atoms with Crippen molar-refractivity contribution >= 4 is 11.8 Å². The first-order valence-corrected chi connectivity index (χ1v) is 7.17. The maximum Gasteiger partial charge on any atom is 0.379 e. The summed E-state index contributed by atoms with van der Waals surface area (Å²) in [5.41, 5.74) is 0.377. The third kappa shape index (κ3) is 6.32. The number of carbonyl (C=O) groups excluding carboxylic acids is 2. The summed E-state index contributed by atoms with van der Waals surface area (Å²) in [4.78, 5) is 23.2. The number of unbranched alkanes of at least 4 members (excludes halogenated alkanes) is 3. The van der Waals surface area contributed by atoms with Gasteiger partial charge in [-0.25, -0.2) is 4.79 Å². The molecule has 0 atom stereocenters. The zero-order chi connectivity index (χ0) is 14.6. The number of hydrogen-bond donors (Lipinski definition) is 0. The molecule has 0 spiro atoms. The van der Waals surface area contributed by atoms with Crippen molar-refractivity contribution in [2.75, 3.05) is 6.61 Å². The zero-order valence-corrected chi connectivity index (χ0v) is 12.0. The first-order chi connectivity index (χ1) is 9.75. The maximum absolute atomic E-state index is 11.7. The lowest BCUT2D eigenvalue weighted by molar-refractivity contribution is -0.138. The molecule has 108 valence electrons. The van der Waals surface area contributed by atoms with E-state index in [-0.39, 0.29) is 0 Å². The third-order valence-electron chi connectivity index (χ3n) is 2.87. The minimum atomic E-state index is -0.762. The highest BCUT2D eigenvalue weighted by atomic mass is 16.5. The van der Waals surface area contributed by atoms with E-state index in [2.05, 4.69) is 19.1 Å². The third-order valence-corrected chi connectivity index (χ3v) is 2.87. The van der Waals surface area contributed by atoms with Crippen LogP contribution in [0.5, 0.6) is 0 Å². The minimum absolute atomic E-state index is 0.314. The smallest absolute Gasteiger partial charge is 0.379 e. The Kier molecular flexibility index (Phi) is 8.04. The summed E-state index contributed by atoms with van der Waals surface area (Å²) in [6.07, 6.45) is 9.34. The number of hydrogen-bond acceptors (Lipinski definition) is 3. The van der Waals surface area contributed by atoms with Gasteiger partial charge in [-0.2, -0.15) is 0 Å². The van der Waals surface area contributed by atoms with Crippen LogP contribution in [0.3, 0.4) is 0 Å². The molecule has 3 nitrogen and oxygen atoms in total. The Balaban J connectivity index is 2.14. The molecule has 0 aromatic heterocycles. The number of ether oxygens (including phenoxy) is 1. The molecule has 0 bridgehead atoms. The highest BCUT2D eigenvalue weighted by molar-refractivity contribution is 6.40. The quantitative estimate of drug-likeness (QED) is 0.225. The summed E-state index contributed by atoms with van der Waals surface area (Å²) in [5, 5.41) is 0. The summed E-state index contributed by atoms with van der Waals surface area (Å²) >= 11 is 0. The van der Waals surface area contributed by atoms with Gasteiger partial charge in [0.05, 0.1) is 6.61 Å². The van der Waals surface area contributed by atoms with Crippen LogP contribution < -0.4 is 0 Å². The van der Waals surface area contributed by atoms with Crippen molar-refractivity contribution in [3.8, 4) is 0 Å². The van der Waals surface area contributed by atoms with E-state index in [1.807, 2.05) is 0 Å². The van der Waals surface area contributed by atoms with E-state index in [4.69, 9.17) is 4.74 Å². The fourth-order valence-electron chi connectivity index (χ4n) is 1.76. The predicted octanol–water partition coefficient (Wildman–Crippen LogP) is 3.94. The van der Waals surface area contributed by atoms with Crippen LogP contribution in [0.4, 0.5) is 0 Å². The SMILES string of the molecule is CCC=CCCCCCOC(=O)C(=O)c1ccccc1. The lowest BCUT2D eigenvalue weighted by Gasteiger charge is -2.03. The van der Waals surface area contributed by atoms with Crippen LogP contribution in [-0.2, 0) is 9.53 Å². The van der Waals surface area contributed by atoms with Crippen LogP contribution in [0.15, 0.2) is 42.5 Å². The molecule has 0 saturated heterocycles. The molecule has 0 N–H and O–H groups in total. The monoisotopic (exact) mass is 274 g/mol. The van der Waals surface area contributed by atoms with E-state index in [0.29, 0.717) is 12.2 Å². The molecule has 3 heteroatoms. The molecule has 0 aliphatic rings. The highest BCUT2D eigenvalue weighted by Gasteiger charge is 2.16. The average Bonchev–Trinajstić information content (AvgIpc) is 2.50. The van der Waals surface area contributed by atoms with Crippen molar-refractivity contribution in [1.82, 2.24) is 0 Å². The van der Waals surface area contributed by atoms with E-state index in [0.717, 1.165) is 32.1 Å². The van der Waals surface area contributed by atoms with Crippen molar-refractivity contribution < 1.29 is 14.3 Å². The Labute approximate surface area is 120 Å². The Morgan fingerprint density at radius 3 is 2.50 bits per heavy atom. The molecule has 1 aromatic carbocycles. The predicted molar refractivity (Wildman–Crippen MR) is 79.6 cm³/mol. The lowest BCUT2D eigenvalue weighted by Crippen LogP contribution is -2.18. The Morgan fingerprint density at radius 2 is 1.80 bits per heavy atom. The molecule has 0 unspecified atom stereocenters. The summed E-state index contributed by atoms with van der Waals surface area (Å²) in [7, 11) is 0. The first-order valence-electron chi connectivity index (χ1n) is 7.17. The van der Waals surface area contributed by atoms with Gasteiger partial charge in [-0.05, 0) is 32.1 Å². The summed E-state index contributed by atoms with van der Waals surface area (Å²) in [6.45, 7) is 2.43. The average molecular weight is 274 g/mol. The van der Waals surface area contributed by atoms with Gasteiger partial charge in [0.2, 0.25) is 0 Å². The van der Waals surface area contributed by atoms with Crippen LogP contribution in [0.25, 0.3) is 0 Å². The van der Waals surface area contributed by atoms with Crippen molar-refractivity contribution in [3.63, 3.8) is 0 Å². The summed E-state index contributed by atoms with van der Waals surface area (Å²) in [6, 6.07) is 8.48. The molecule has 0 heterocycles. The standard InChI is InChI=1S/C17H22O3/c1-2-3-4-5-6-7-11-14-20-17(19)16(18)15-12-9-8-10-13-15/h3-4,8-10,12-13H,2,5-7,11,14H2,1H3. The van der Waals surface area contributed by atoms with Crippen LogP contribution in [0.1, 0.15) is 49.4 Å². The van der Waals surface area contributed by atoms with E-state index >= 15 is 0 Å². The van der Waals surface area contributed by atoms with Gasteiger partial charge >= 0.3 is 5.97 Å². The Hall–Kier alpha value is -1.90. The van der Waals surface area contributed by atoms with Crippen LogP contribution >= 0.6 is 0 Å². The van der Waals surface area contributed by atoms with Gasteiger partial charge in [0.1, 0.15) is 0 Å². The second-order valence-electron chi connectivity index (χ2n) is 4.56. The van der Waals surface area contributed by atoms with Gasteiger partial charge in [-0.15, -0.1) is 0 Å². The molecular formula is C17H22O3. The van der Waals surface area contributed by atoms with Gasteiger partial charge in [-0.1, -0.05) is 49.4 Å². The number of benzene rings is 1. The second kappa shape index (κ2) is 9.96. The molecule has 0 aliphatic heterocycles. The maximum atomic E-state index is 11.7. The number of carbonyl (C=O) groups is 2. The fraction of sp³-hybridized carbons (Fsp3) is 0.412. The van der Waals surface area contributed by atoms with E-state index in [9.17, 15) is 9.59 Å². The number of rotatable bonds is 9. The largest absolute Gasteiger partial charge is 0.460 e. The van der Waals surface area contributed by atoms with Crippen molar-refractivity contribution in [1.29, 1.82) is 0 Å². The molecular weight excluding hydrogens is 252 g/mol. The minimum Gasteiger partial charge on any atom is -0.460 e. The Morgan fingerprint density at radius 1 is 1.05 bits per heavy atom. The van der Waals surface area contributed by atoms with E-state index < -0.39 is 11.8 Å². The summed E-state index contributed by atoms with van der Waals surface area (Å²) in [5.74, 6) is -1.33.